The van der Waals surface area contributed by atoms with E-state index in [2.05, 4.69) is 18.2 Å². The summed E-state index contributed by atoms with van der Waals surface area (Å²) < 4.78 is 11.1. The van der Waals surface area contributed by atoms with Gasteiger partial charge in [-0.2, -0.15) is 0 Å². The van der Waals surface area contributed by atoms with Gasteiger partial charge in [-0.05, 0) is 32.6 Å². The number of amides is 1. The Morgan fingerprint density at radius 1 is 1.12 bits per heavy atom. The molecule has 6 nitrogen and oxygen atoms in total. The molecule has 6 heteroatoms. The van der Waals surface area contributed by atoms with Gasteiger partial charge in [0, 0.05) is 12.8 Å². The fourth-order valence-electron chi connectivity index (χ4n) is 4.11. The molecular weight excluding hydrogens is 406 g/mol. The molecule has 0 aliphatic carbocycles. The van der Waals surface area contributed by atoms with Gasteiger partial charge in [-0.1, -0.05) is 64.7 Å². The van der Waals surface area contributed by atoms with Crippen LogP contribution in [-0.4, -0.2) is 36.6 Å². The molecule has 1 fully saturated rings. The molecule has 0 aromatic carbocycles. The Labute approximate surface area is 194 Å². The topological polar surface area (TPSA) is 81.7 Å². The van der Waals surface area contributed by atoms with Crippen molar-refractivity contribution < 1.29 is 23.9 Å². The van der Waals surface area contributed by atoms with Gasteiger partial charge >= 0.3 is 11.9 Å². The normalized spacial score (nSPS) is 19.2. The van der Waals surface area contributed by atoms with Crippen LogP contribution in [0.1, 0.15) is 110 Å². The monoisotopic (exact) mass is 449 g/mol. The summed E-state index contributed by atoms with van der Waals surface area (Å²) in [4.78, 5) is 34.9. The maximum atomic E-state index is 12.3. The van der Waals surface area contributed by atoms with Crippen LogP contribution in [-0.2, 0) is 23.9 Å². The highest BCUT2D eigenvalue weighted by atomic mass is 16.6. The molecule has 1 saturated heterocycles. The predicted molar refractivity (Wildman–Crippen MR) is 126 cm³/mol. The van der Waals surface area contributed by atoms with Crippen molar-refractivity contribution in [1.82, 2.24) is 5.32 Å². The van der Waals surface area contributed by atoms with Crippen molar-refractivity contribution >= 4 is 18.3 Å². The van der Waals surface area contributed by atoms with Gasteiger partial charge in [0.2, 0.25) is 6.41 Å². The van der Waals surface area contributed by atoms with E-state index in [9.17, 15) is 14.4 Å². The fraction of sp³-hybridized carbons (Fsp3) is 0.808. The minimum Gasteiger partial charge on any atom is -0.461 e. The molecule has 0 aromatic rings. The number of cyclic esters (lactones) is 1. The average Bonchev–Trinajstić information content (AvgIpc) is 2.77. The van der Waals surface area contributed by atoms with E-state index < -0.39 is 12.0 Å². The maximum Gasteiger partial charge on any atom is 0.328 e. The lowest BCUT2D eigenvalue weighted by Crippen LogP contribution is -2.47. The van der Waals surface area contributed by atoms with Crippen molar-refractivity contribution in [2.75, 3.05) is 0 Å². The standard InChI is InChI=1S/C26H43NO5/c1-4-6-8-10-11-12-13-14-15-17-22(31-25(29)21(3)27-20-28)19-24-23(26(30)32-24)18-16-9-7-5-2/h2,20-24H,4,6-19H2,1,3H3,(H,27,28)/t21-,22+,23+,24+/m0/s1. The van der Waals surface area contributed by atoms with Crippen molar-refractivity contribution in [3.63, 3.8) is 0 Å². The zero-order valence-corrected chi connectivity index (χ0v) is 20.1. The molecule has 1 aliphatic rings. The Balaban J connectivity index is 2.45. The van der Waals surface area contributed by atoms with Crippen LogP contribution in [0.25, 0.3) is 0 Å². The molecule has 1 N–H and O–H groups in total. The summed E-state index contributed by atoms with van der Waals surface area (Å²) in [6.45, 7) is 3.83. The first kappa shape index (κ1) is 28.0. The summed E-state index contributed by atoms with van der Waals surface area (Å²) in [7, 11) is 0. The van der Waals surface area contributed by atoms with Gasteiger partial charge in [0.25, 0.3) is 0 Å². The van der Waals surface area contributed by atoms with E-state index >= 15 is 0 Å². The van der Waals surface area contributed by atoms with Gasteiger partial charge in [0.15, 0.2) is 0 Å². The van der Waals surface area contributed by atoms with Crippen molar-refractivity contribution in [1.29, 1.82) is 0 Å². The molecule has 1 aliphatic heterocycles. The van der Waals surface area contributed by atoms with Gasteiger partial charge < -0.3 is 14.8 Å². The largest absolute Gasteiger partial charge is 0.461 e. The molecule has 1 heterocycles. The Morgan fingerprint density at radius 3 is 2.38 bits per heavy atom. The van der Waals surface area contributed by atoms with E-state index in [4.69, 9.17) is 15.9 Å². The molecule has 1 amide bonds. The molecule has 0 saturated carbocycles. The van der Waals surface area contributed by atoms with Crippen molar-refractivity contribution in [3.05, 3.63) is 0 Å². The van der Waals surface area contributed by atoms with Crippen molar-refractivity contribution in [3.8, 4) is 12.3 Å². The molecule has 0 aromatic heterocycles. The van der Waals surface area contributed by atoms with Crippen LogP contribution in [0, 0.1) is 18.3 Å². The van der Waals surface area contributed by atoms with E-state index in [0.29, 0.717) is 19.3 Å². The number of terminal acetylenes is 1. The summed E-state index contributed by atoms with van der Waals surface area (Å²) in [5.41, 5.74) is 0. The molecule has 32 heavy (non-hydrogen) atoms. The lowest BCUT2D eigenvalue weighted by molar-refractivity contribution is -0.190. The van der Waals surface area contributed by atoms with Gasteiger partial charge in [-0.3, -0.25) is 9.59 Å². The van der Waals surface area contributed by atoms with Gasteiger partial charge in [-0.25, -0.2) is 4.79 Å². The van der Waals surface area contributed by atoms with E-state index in [-0.39, 0.29) is 24.1 Å². The number of hydrogen-bond donors (Lipinski definition) is 1. The minimum atomic E-state index is -0.693. The zero-order valence-electron chi connectivity index (χ0n) is 20.1. The highest BCUT2D eigenvalue weighted by Gasteiger charge is 2.43. The first-order valence-electron chi connectivity index (χ1n) is 12.6. The second kappa shape index (κ2) is 17.5. The van der Waals surface area contributed by atoms with Crippen LogP contribution in [0.3, 0.4) is 0 Å². The van der Waals surface area contributed by atoms with E-state index in [1.54, 1.807) is 6.92 Å². The maximum absolute atomic E-state index is 12.3. The molecule has 4 atom stereocenters. The number of unbranched alkanes of at least 4 members (excludes halogenated alkanes) is 10. The average molecular weight is 450 g/mol. The Bertz CT molecular complexity index is 585. The SMILES string of the molecule is C#CCCCC[C@H]1C(=O)O[C@@H]1C[C@@H](CCCCCCCCCCC)OC(=O)[C@H](C)NC=O. The van der Waals surface area contributed by atoms with Crippen LogP contribution in [0.4, 0.5) is 0 Å². The molecule has 0 unspecified atom stereocenters. The first-order chi connectivity index (χ1) is 15.5. The fourth-order valence-corrected chi connectivity index (χ4v) is 4.11. The number of esters is 2. The van der Waals surface area contributed by atoms with E-state index in [1.165, 1.54) is 44.9 Å². The third-order valence-corrected chi connectivity index (χ3v) is 6.18. The van der Waals surface area contributed by atoms with E-state index in [0.717, 1.165) is 38.5 Å². The molecular formula is C26H43NO5. The molecule has 0 spiro atoms. The van der Waals surface area contributed by atoms with Crippen LogP contribution in [0.15, 0.2) is 0 Å². The van der Waals surface area contributed by atoms with Gasteiger partial charge in [0.05, 0.1) is 5.92 Å². The number of nitrogens with one attached hydrogen (secondary N) is 1. The third kappa shape index (κ3) is 11.5. The second-order valence-corrected chi connectivity index (χ2v) is 8.95. The number of carbonyl (C=O) groups is 3. The number of ether oxygens (including phenoxy) is 2. The van der Waals surface area contributed by atoms with Gasteiger partial charge in [0.1, 0.15) is 18.2 Å². The summed E-state index contributed by atoms with van der Waals surface area (Å²) in [5, 5.41) is 2.44. The zero-order chi connectivity index (χ0) is 23.6. The summed E-state index contributed by atoms with van der Waals surface area (Å²) in [6, 6.07) is -0.693. The summed E-state index contributed by atoms with van der Waals surface area (Å²) >= 11 is 0. The lowest BCUT2D eigenvalue weighted by Gasteiger charge is -2.37. The van der Waals surface area contributed by atoms with Crippen LogP contribution < -0.4 is 5.32 Å². The lowest BCUT2D eigenvalue weighted by atomic mass is 9.86. The molecule has 182 valence electrons. The van der Waals surface area contributed by atoms with Gasteiger partial charge in [-0.15, -0.1) is 12.3 Å². The quantitative estimate of drug-likeness (QED) is 0.121. The molecule has 1 rings (SSSR count). The number of hydrogen-bond acceptors (Lipinski definition) is 5. The Kier molecular flexibility index (Phi) is 15.3. The summed E-state index contributed by atoms with van der Waals surface area (Å²) in [6.07, 6.45) is 20.8. The van der Waals surface area contributed by atoms with Crippen molar-refractivity contribution in [2.24, 2.45) is 5.92 Å². The van der Waals surface area contributed by atoms with Crippen LogP contribution in [0.2, 0.25) is 0 Å². The number of rotatable bonds is 20. The molecule has 0 bridgehead atoms. The minimum absolute atomic E-state index is 0.136. The smallest absolute Gasteiger partial charge is 0.328 e. The highest BCUT2D eigenvalue weighted by Crippen LogP contribution is 2.32. The molecule has 0 radical (unpaired) electrons. The number of carbonyl (C=O) groups excluding carboxylic acids is 3. The first-order valence-corrected chi connectivity index (χ1v) is 12.6. The second-order valence-electron chi connectivity index (χ2n) is 8.95. The third-order valence-electron chi connectivity index (χ3n) is 6.18. The van der Waals surface area contributed by atoms with Crippen molar-refractivity contribution in [2.45, 2.75) is 128 Å². The van der Waals surface area contributed by atoms with Crippen LogP contribution in [0.5, 0.6) is 0 Å². The van der Waals surface area contributed by atoms with E-state index in [1.807, 2.05) is 0 Å². The summed E-state index contributed by atoms with van der Waals surface area (Å²) in [5.74, 6) is 1.87. The Morgan fingerprint density at radius 2 is 1.78 bits per heavy atom. The highest BCUT2D eigenvalue weighted by molar-refractivity contribution is 5.79. The predicted octanol–water partition coefficient (Wildman–Crippen LogP) is 5.08. The van der Waals surface area contributed by atoms with Crippen LogP contribution >= 0.6 is 0 Å². The Hall–Kier alpha value is -2.03.